The molecule has 0 saturated heterocycles. The van der Waals surface area contributed by atoms with E-state index in [9.17, 15) is 4.79 Å². The van der Waals surface area contributed by atoms with Crippen LogP contribution in [-0.4, -0.2) is 25.7 Å². The minimum atomic E-state index is -0.190. The van der Waals surface area contributed by atoms with Crippen LogP contribution in [0.1, 0.15) is 11.4 Å². The van der Waals surface area contributed by atoms with Gasteiger partial charge in [0.25, 0.3) is 0 Å². The smallest absolute Gasteiger partial charge is 0.230 e. The molecule has 3 aromatic heterocycles. The van der Waals surface area contributed by atoms with Crippen LogP contribution in [0, 0.1) is 6.92 Å². The van der Waals surface area contributed by atoms with Crippen LogP contribution in [0.4, 0.5) is 5.69 Å². The number of carbonyl (C=O) groups is 1. The first kappa shape index (κ1) is 20.4. The highest BCUT2D eigenvalue weighted by Crippen LogP contribution is 2.29. The molecule has 6 nitrogen and oxygen atoms in total. The number of carbonyl (C=O) groups excluding carboxylic acids is 1. The van der Waals surface area contributed by atoms with E-state index >= 15 is 0 Å². The summed E-state index contributed by atoms with van der Waals surface area (Å²) in [5, 5.41) is 8.07. The lowest BCUT2D eigenvalue weighted by Crippen LogP contribution is -2.15. The van der Waals surface area contributed by atoms with Gasteiger partial charge in [0, 0.05) is 11.3 Å². The number of para-hydroxylation sites is 1. The Balaban J connectivity index is 1.52. The number of aromatic nitrogens is 4. The molecule has 0 aliphatic heterocycles. The van der Waals surface area contributed by atoms with E-state index in [0.717, 1.165) is 27.2 Å². The van der Waals surface area contributed by atoms with Crippen molar-refractivity contribution in [2.45, 2.75) is 13.3 Å². The van der Waals surface area contributed by atoms with Gasteiger partial charge in [-0.25, -0.2) is 14.6 Å². The van der Waals surface area contributed by atoms with Crippen molar-refractivity contribution in [1.82, 2.24) is 19.7 Å². The summed E-state index contributed by atoms with van der Waals surface area (Å²) in [5.74, 6) is 0.506. The molecule has 5 rings (SSSR count). The van der Waals surface area contributed by atoms with E-state index in [-0.39, 0.29) is 12.3 Å². The fourth-order valence-electron chi connectivity index (χ4n) is 3.48. The summed E-state index contributed by atoms with van der Waals surface area (Å²) in [6.07, 6.45) is 0.111. The van der Waals surface area contributed by atoms with Gasteiger partial charge < -0.3 is 5.32 Å². The van der Waals surface area contributed by atoms with Gasteiger partial charge in [-0.3, -0.25) is 4.79 Å². The van der Waals surface area contributed by atoms with Gasteiger partial charge in [-0.15, -0.1) is 11.3 Å². The van der Waals surface area contributed by atoms with E-state index in [1.165, 1.54) is 0 Å². The standard InChI is InChI=1S/C24H18ClN5OS/c1-15-5-4-8-23(27-15)30-21(16-9-10-20-22(11-16)32-14-26-20)12-17(29-30)13-24(31)28-19-7-3-2-6-18(19)25/h2-12,14H,13H2,1H3,(H,28,31). The Morgan fingerprint density at radius 3 is 2.81 bits per heavy atom. The number of pyridine rings is 1. The van der Waals surface area contributed by atoms with Crippen molar-refractivity contribution in [3.63, 3.8) is 0 Å². The molecule has 158 valence electrons. The lowest BCUT2D eigenvalue weighted by molar-refractivity contribution is -0.115. The number of halogens is 1. The fourth-order valence-corrected chi connectivity index (χ4v) is 4.38. The van der Waals surface area contributed by atoms with Crippen LogP contribution in [0.2, 0.25) is 5.02 Å². The number of fused-ring (bicyclic) bond motifs is 1. The van der Waals surface area contributed by atoms with E-state index in [2.05, 4.69) is 21.4 Å². The molecule has 0 fully saturated rings. The van der Waals surface area contributed by atoms with E-state index in [1.54, 1.807) is 28.2 Å². The largest absolute Gasteiger partial charge is 0.324 e. The minimum absolute atomic E-state index is 0.111. The Kier molecular flexibility index (Phi) is 5.43. The van der Waals surface area contributed by atoms with Crippen LogP contribution in [0.25, 0.3) is 27.3 Å². The summed E-state index contributed by atoms with van der Waals surface area (Å²) in [4.78, 5) is 21.7. The highest BCUT2D eigenvalue weighted by Gasteiger charge is 2.16. The molecule has 0 radical (unpaired) electrons. The number of thiazole rings is 1. The number of amides is 1. The van der Waals surface area contributed by atoms with Crippen molar-refractivity contribution < 1.29 is 4.79 Å². The average Bonchev–Trinajstić information content (AvgIpc) is 3.42. The lowest BCUT2D eigenvalue weighted by atomic mass is 10.1. The van der Waals surface area contributed by atoms with Crippen molar-refractivity contribution in [3.8, 4) is 17.1 Å². The number of anilines is 1. The molecule has 0 spiro atoms. The normalized spacial score (nSPS) is 11.1. The van der Waals surface area contributed by atoms with Crippen LogP contribution in [0.3, 0.4) is 0 Å². The fraction of sp³-hybridized carbons (Fsp3) is 0.0833. The van der Waals surface area contributed by atoms with Gasteiger partial charge >= 0.3 is 0 Å². The Hall–Kier alpha value is -3.55. The lowest BCUT2D eigenvalue weighted by Gasteiger charge is -2.07. The molecule has 1 N–H and O–H groups in total. The highest BCUT2D eigenvalue weighted by atomic mass is 35.5. The zero-order valence-electron chi connectivity index (χ0n) is 17.1. The van der Waals surface area contributed by atoms with Crippen LogP contribution >= 0.6 is 22.9 Å². The number of hydrogen-bond donors (Lipinski definition) is 1. The minimum Gasteiger partial charge on any atom is -0.324 e. The first-order chi connectivity index (χ1) is 15.6. The summed E-state index contributed by atoms with van der Waals surface area (Å²) in [6.45, 7) is 1.94. The Labute approximate surface area is 193 Å². The number of aryl methyl sites for hydroxylation is 1. The SMILES string of the molecule is Cc1cccc(-n2nc(CC(=O)Nc3ccccc3Cl)cc2-c2ccc3ncsc3c2)n1. The molecule has 0 atom stereocenters. The van der Waals surface area contributed by atoms with Gasteiger partial charge in [-0.1, -0.05) is 35.9 Å². The monoisotopic (exact) mass is 459 g/mol. The number of nitrogens with zero attached hydrogens (tertiary/aromatic N) is 4. The Morgan fingerprint density at radius 1 is 1.09 bits per heavy atom. The quantitative estimate of drug-likeness (QED) is 0.366. The third-order valence-corrected chi connectivity index (χ3v) is 6.09. The van der Waals surface area contributed by atoms with Crippen molar-refractivity contribution in [1.29, 1.82) is 0 Å². The van der Waals surface area contributed by atoms with E-state index < -0.39 is 0 Å². The molecule has 0 saturated carbocycles. The third kappa shape index (κ3) is 4.12. The molecule has 0 aliphatic carbocycles. The number of benzene rings is 2. The Morgan fingerprint density at radius 2 is 1.97 bits per heavy atom. The molecule has 0 unspecified atom stereocenters. The summed E-state index contributed by atoms with van der Waals surface area (Å²) < 4.78 is 2.87. The molecule has 5 aromatic rings. The van der Waals surface area contributed by atoms with Gasteiger partial charge in [-0.2, -0.15) is 5.10 Å². The third-order valence-electron chi connectivity index (χ3n) is 4.97. The zero-order chi connectivity index (χ0) is 22.1. The molecule has 32 heavy (non-hydrogen) atoms. The molecule has 8 heteroatoms. The van der Waals surface area contributed by atoms with Gasteiger partial charge in [-0.05, 0) is 49.4 Å². The number of nitrogens with one attached hydrogen (secondary N) is 1. The predicted octanol–water partition coefficient (Wildman–Crippen LogP) is 5.69. The van der Waals surface area contributed by atoms with Crippen LogP contribution in [-0.2, 0) is 11.2 Å². The first-order valence-corrected chi connectivity index (χ1v) is 11.2. The maximum absolute atomic E-state index is 12.7. The van der Waals surface area contributed by atoms with Crippen molar-refractivity contribution in [2.75, 3.05) is 5.32 Å². The zero-order valence-corrected chi connectivity index (χ0v) is 18.7. The predicted molar refractivity (Wildman–Crippen MR) is 128 cm³/mol. The van der Waals surface area contributed by atoms with Crippen molar-refractivity contribution in [3.05, 3.63) is 88.7 Å². The molecular weight excluding hydrogens is 442 g/mol. The van der Waals surface area contributed by atoms with Crippen LogP contribution < -0.4 is 5.32 Å². The molecule has 1 amide bonds. The number of rotatable bonds is 5. The summed E-state index contributed by atoms with van der Waals surface area (Å²) in [5.41, 5.74) is 6.73. The number of hydrogen-bond acceptors (Lipinski definition) is 5. The summed E-state index contributed by atoms with van der Waals surface area (Å²) in [7, 11) is 0. The molecule has 0 aliphatic rings. The maximum atomic E-state index is 12.7. The van der Waals surface area contributed by atoms with E-state index in [4.69, 9.17) is 16.7 Å². The molecular formula is C24H18ClN5OS. The van der Waals surface area contributed by atoms with E-state index in [0.29, 0.717) is 22.2 Å². The van der Waals surface area contributed by atoms with Gasteiger partial charge in [0.05, 0.1) is 44.2 Å². The molecule has 2 aromatic carbocycles. The summed E-state index contributed by atoms with van der Waals surface area (Å²) >= 11 is 7.75. The van der Waals surface area contributed by atoms with Crippen molar-refractivity contribution >= 4 is 44.7 Å². The average molecular weight is 460 g/mol. The van der Waals surface area contributed by atoms with Gasteiger partial charge in [0.2, 0.25) is 5.91 Å². The molecule has 0 bridgehead atoms. The van der Waals surface area contributed by atoms with Gasteiger partial charge in [0.1, 0.15) is 0 Å². The molecule has 3 heterocycles. The van der Waals surface area contributed by atoms with Crippen LogP contribution in [0.5, 0.6) is 0 Å². The second-order valence-electron chi connectivity index (χ2n) is 7.31. The maximum Gasteiger partial charge on any atom is 0.230 e. The summed E-state index contributed by atoms with van der Waals surface area (Å²) in [6, 6.07) is 21.0. The topological polar surface area (TPSA) is 72.7 Å². The van der Waals surface area contributed by atoms with Gasteiger partial charge in [0.15, 0.2) is 5.82 Å². The second-order valence-corrected chi connectivity index (χ2v) is 8.60. The highest BCUT2D eigenvalue weighted by molar-refractivity contribution is 7.16. The Bertz CT molecular complexity index is 1440. The van der Waals surface area contributed by atoms with Crippen molar-refractivity contribution in [2.24, 2.45) is 0 Å². The second kappa shape index (κ2) is 8.53. The first-order valence-electron chi connectivity index (χ1n) is 9.98. The van der Waals surface area contributed by atoms with E-state index in [1.807, 2.05) is 61.0 Å². The van der Waals surface area contributed by atoms with Crippen LogP contribution in [0.15, 0.2) is 72.2 Å².